The van der Waals surface area contributed by atoms with Crippen molar-refractivity contribution in [3.05, 3.63) is 24.3 Å². The molecular weight excluding hydrogens is 285 g/mol. The number of nitrogens with two attached hydrogens (primary N) is 1. The normalized spacial score (nSPS) is 25.7. The molecule has 0 heterocycles. The lowest BCUT2D eigenvalue weighted by atomic mass is 9.84. The van der Waals surface area contributed by atoms with Gasteiger partial charge in [-0.25, -0.2) is 0 Å². The molecule has 0 radical (unpaired) electrons. The van der Waals surface area contributed by atoms with Gasteiger partial charge in [0.05, 0.1) is 11.1 Å². The monoisotopic (exact) mass is 302 g/mol. The highest BCUT2D eigenvalue weighted by Crippen LogP contribution is 2.39. The van der Waals surface area contributed by atoms with E-state index in [1.54, 1.807) is 6.92 Å². The lowest BCUT2D eigenvalue weighted by Crippen LogP contribution is -2.44. The number of hydrogen-bond donors (Lipinski definition) is 2. The molecule has 1 amide bonds. The lowest BCUT2D eigenvalue weighted by Gasteiger charge is -2.28. The van der Waals surface area contributed by atoms with E-state index in [0.717, 1.165) is 18.9 Å². The molecule has 1 aliphatic rings. The Morgan fingerprint density at radius 1 is 1.43 bits per heavy atom. The van der Waals surface area contributed by atoms with Gasteiger partial charge >= 0.3 is 6.36 Å². The first-order chi connectivity index (χ1) is 9.72. The predicted molar refractivity (Wildman–Crippen MR) is 71.7 cm³/mol. The third-order valence-corrected chi connectivity index (χ3v) is 3.91. The molecule has 0 aromatic heterocycles. The number of benzene rings is 1. The van der Waals surface area contributed by atoms with Crippen LogP contribution in [0.3, 0.4) is 0 Å². The van der Waals surface area contributed by atoms with Crippen molar-refractivity contribution in [2.24, 2.45) is 11.1 Å². The van der Waals surface area contributed by atoms with E-state index in [9.17, 15) is 18.0 Å². The minimum Gasteiger partial charge on any atom is -0.404 e. The first kappa shape index (κ1) is 15.6. The standard InChI is InChI=1S/C14H17F3N2O2/c1-13(8-4-7-11(13)18)12(20)19-9-5-2-3-6-10(9)21-14(15,16)17/h2-3,5-6,11H,4,7-8,18H2,1H3,(H,19,20). The van der Waals surface area contributed by atoms with Crippen molar-refractivity contribution in [2.45, 2.75) is 38.6 Å². The van der Waals surface area contributed by atoms with E-state index in [4.69, 9.17) is 5.73 Å². The fourth-order valence-corrected chi connectivity index (χ4v) is 2.52. The molecule has 2 atom stereocenters. The number of carbonyl (C=O) groups excluding carboxylic acids is 1. The molecule has 7 heteroatoms. The van der Waals surface area contributed by atoms with Gasteiger partial charge in [-0.05, 0) is 31.9 Å². The van der Waals surface area contributed by atoms with Crippen LogP contribution in [0, 0.1) is 5.41 Å². The number of ether oxygens (including phenoxy) is 1. The Hall–Kier alpha value is -1.76. The highest BCUT2D eigenvalue weighted by Gasteiger charge is 2.43. The number of amides is 1. The second kappa shape index (κ2) is 5.55. The highest BCUT2D eigenvalue weighted by atomic mass is 19.4. The second-order valence-corrected chi connectivity index (χ2v) is 5.41. The third-order valence-electron chi connectivity index (χ3n) is 3.91. The average Bonchev–Trinajstić information content (AvgIpc) is 2.71. The van der Waals surface area contributed by atoms with Gasteiger partial charge in [-0.15, -0.1) is 13.2 Å². The number of alkyl halides is 3. The maximum atomic E-state index is 12.3. The number of rotatable bonds is 3. The van der Waals surface area contributed by atoms with E-state index >= 15 is 0 Å². The molecule has 1 saturated carbocycles. The van der Waals surface area contributed by atoms with Crippen LogP contribution in [0.1, 0.15) is 26.2 Å². The Bertz CT molecular complexity index is 533. The minimum atomic E-state index is -4.81. The minimum absolute atomic E-state index is 0.0138. The summed E-state index contributed by atoms with van der Waals surface area (Å²) in [6, 6.07) is 5.14. The zero-order valence-electron chi connectivity index (χ0n) is 11.5. The van der Waals surface area contributed by atoms with Gasteiger partial charge in [-0.1, -0.05) is 18.6 Å². The highest BCUT2D eigenvalue weighted by molar-refractivity contribution is 5.97. The quantitative estimate of drug-likeness (QED) is 0.902. The molecule has 0 bridgehead atoms. The number of carbonyl (C=O) groups is 1. The van der Waals surface area contributed by atoms with Gasteiger partial charge in [-0.3, -0.25) is 4.79 Å². The molecule has 3 N–H and O–H groups in total. The SMILES string of the molecule is CC1(C(=O)Nc2ccccc2OC(F)(F)F)CCCC1N. The van der Waals surface area contributed by atoms with Gasteiger partial charge in [0.15, 0.2) is 5.75 Å². The molecular formula is C14H17F3N2O2. The van der Waals surface area contributed by atoms with Gasteiger partial charge < -0.3 is 15.8 Å². The molecule has 0 saturated heterocycles. The Balaban J connectivity index is 2.18. The van der Waals surface area contributed by atoms with Gasteiger partial charge in [-0.2, -0.15) is 0 Å². The van der Waals surface area contributed by atoms with E-state index in [2.05, 4.69) is 10.1 Å². The Morgan fingerprint density at radius 2 is 2.10 bits per heavy atom. The first-order valence-electron chi connectivity index (χ1n) is 6.64. The van der Waals surface area contributed by atoms with Crippen LogP contribution in [-0.4, -0.2) is 18.3 Å². The fraction of sp³-hybridized carbons (Fsp3) is 0.500. The fourth-order valence-electron chi connectivity index (χ4n) is 2.52. The van der Waals surface area contributed by atoms with Crippen LogP contribution in [0.25, 0.3) is 0 Å². The molecule has 21 heavy (non-hydrogen) atoms. The van der Waals surface area contributed by atoms with Crippen LogP contribution < -0.4 is 15.8 Å². The molecule has 0 aliphatic heterocycles. The molecule has 2 unspecified atom stereocenters. The van der Waals surface area contributed by atoms with Crippen molar-refractivity contribution >= 4 is 11.6 Å². The zero-order valence-corrected chi connectivity index (χ0v) is 11.5. The van der Waals surface area contributed by atoms with Gasteiger partial charge in [0.25, 0.3) is 0 Å². The Kier molecular flexibility index (Phi) is 4.13. The number of nitrogens with one attached hydrogen (secondary N) is 1. The molecule has 4 nitrogen and oxygen atoms in total. The van der Waals surface area contributed by atoms with Crippen molar-refractivity contribution in [3.8, 4) is 5.75 Å². The summed E-state index contributed by atoms with van der Waals surface area (Å²) < 4.78 is 40.9. The van der Waals surface area contributed by atoms with E-state index in [-0.39, 0.29) is 17.6 Å². The zero-order chi connectivity index (χ0) is 15.7. The molecule has 1 fully saturated rings. The van der Waals surface area contributed by atoms with Crippen molar-refractivity contribution in [1.29, 1.82) is 0 Å². The van der Waals surface area contributed by atoms with Crippen LogP contribution >= 0.6 is 0 Å². The second-order valence-electron chi connectivity index (χ2n) is 5.41. The van der Waals surface area contributed by atoms with Crippen LogP contribution in [0.2, 0.25) is 0 Å². The summed E-state index contributed by atoms with van der Waals surface area (Å²) in [7, 11) is 0. The van der Waals surface area contributed by atoms with Crippen molar-refractivity contribution < 1.29 is 22.7 Å². The van der Waals surface area contributed by atoms with Crippen LogP contribution in [0.5, 0.6) is 5.75 Å². The molecule has 116 valence electrons. The first-order valence-corrected chi connectivity index (χ1v) is 6.64. The largest absolute Gasteiger partial charge is 0.573 e. The molecule has 1 aromatic carbocycles. The van der Waals surface area contributed by atoms with E-state index in [1.807, 2.05) is 0 Å². The van der Waals surface area contributed by atoms with Crippen molar-refractivity contribution in [3.63, 3.8) is 0 Å². The number of hydrogen-bond acceptors (Lipinski definition) is 3. The van der Waals surface area contributed by atoms with Crippen LogP contribution in [0.4, 0.5) is 18.9 Å². The van der Waals surface area contributed by atoms with Gasteiger partial charge in [0.2, 0.25) is 5.91 Å². The lowest BCUT2D eigenvalue weighted by molar-refractivity contribution is -0.274. The van der Waals surface area contributed by atoms with Crippen molar-refractivity contribution in [1.82, 2.24) is 0 Å². The predicted octanol–water partition coefficient (Wildman–Crippen LogP) is 3.04. The summed E-state index contributed by atoms with van der Waals surface area (Å²) in [5, 5.41) is 2.50. The third kappa shape index (κ3) is 3.47. The van der Waals surface area contributed by atoms with Crippen molar-refractivity contribution in [2.75, 3.05) is 5.32 Å². The molecule has 2 rings (SSSR count). The van der Waals surface area contributed by atoms with Crippen LogP contribution in [-0.2, 0) is 4.79 Å². The summed E-state index contributed by atoms with van der Waals surface area (Å²) >= 11 is 0. The molecule has 1 aromatic rings. The Morgan fingerprint density at radius 3 is 2.67 bits per heavy atom. The van der Waals surface area contributed by atoms with E-state index in [1.165, 1.54) is 18.2 Å². The number of para-hydroxylation sites is 2. The summed E-state index contributed by atoms with van der Waals surface area (Å²) in [5.41, 5.74) is 5.15. The van der Waals surface area contributed by atoms with Gasteiger partial charge in [0.1, 0.15) is 0 Å². The maximum absolute atomic E-state index is 12.3. The summed E-state index contributed by atoms with van der Waals surface area (Å²) in [4.78, 5) is 12.3. The summed E-state index contributed by atoms with van der Waals surface area (Å²) in [6.45, 7) is 1.73. The van der Waals surface area contributed by atoms with Gasteiger partial charge in [0, 0.05) is 6.04 Å². The molecule has 1 aliphatic carbocycles. The van der Waals surface area contributed by atoms with E-state index < -0.39 is 17.5 Å². The Labute approximate surface area is 120 Å². The topological polar surface area (TPSA) is 64.3 Å². The smallest absolute Gasteiger partial charge is 0.404 e. The average molecular weight is 302 g/mol. The van der Waals surface area contributed by atoms with Crippen LogP contribution in [0.15, 0.2) is 24.3 Å². The maximum Gasteiger partial charge on any atom is 0.573 e. The molecule has 0 spiro atoms. The van der Waals surface area contributed by atoms with E-state index in [0.29, 0.717) is 6.42 Å². The summed E-state index contributed by atoms with van der Waals surface area (Å²) in [5.74, 6) is -0.820. The summed E-state index contributed by atoms with van der Waals surface area (Å²) in [6.07, 6.45) is -2.65. The number of halogens is 3. The number of anilines is 1.